The van der Waals surface area contributed by atoms with E-state index in [0.29, 0.717) is 24.6 Å². The lowest BCUT2D eigenvalue weighted by Crippen LogP contribution is -2.53. The Morgan fingerprint density at radius 2 is 1.89 bits per heavy atom. The highest BCUT2D eigenvalue weighted by Crippen LogP contribution is 2.10. The zero-order valence-electron chi connectivity index (χ0n) is 10.3. The number of hydrogen-bond acceptors (Lipinski definition) is 4. The summed E-state index contributed by atoms with van der Waals surface area (Å²) < 4.78 is 0. The van der Waals surface area contributed by atoms with Gasteiger partial charge in [0, 0.05) is 6.54 Å². The van der Waals surface area contributed by atoms with Crippen molar-refractivity contribution >= 4 is 17.6 Å². The summed E-state index contributed by atoms with van der Waals surface area (Å²) in [4.78, 5) is 30.8. The van der Waals surface area contributed by atoms with Crippen molar-refractivity contribution in [2.75, 3.05) is 25.4 Å². The quantitative estimate of drug-likeness (QED) is 0.807. The van der Waals surface area contributed by atoms with Crippen LogP contribution >= 0.6 is 0 Å². The topological polar surface area (TPSA) is 79.5 Å². The molecule has 2 amide bonds. The van der Waals surface area contributed by atoms with Gasteiger partial charge >= 0.3 is 0 Å². The highest BCUT2D eigenvalue weighted by Gasteiger charge is 2.28. The third kappa shape index (κ3) is 2.58. The number of amides is 2. The molecule has 0 bridgehead atoms. The average Bonchev–Trinajstić information content (AvgIpc) is 2.33. The molecule has 0 spiro atoms. The van der Waals surface area contributed by atoms with Gasteiger partial charge < -0.3 is 15.5 Å². The summed E-state index contributed by atoms with van der Waals surface area (Å²) >= 11 is 0. The van der Waals surface area contributed by atoms with Gasteiger partial charge in [0.05, 0.1) is 18.8 Å². The monoisotopic (exact) mass is 248 g/mol. The number of pyridine rings is 1. The predicted octanol–water partition coefficient (Wildman–Crippen LogP) is -0.146. The first-order valence-electron chi connectivity index (χ1n) is 5.87. The van der Waals surface area contributed by atoms with Gasteiger partial charge in [-0.1, -0.05) is 6.07 Å². The number of rotatable bonds is 3. The molecule has 0 unspecified atom stereocenters. The number of hydrogen-bond donors (Lipinski definition) is 1. The third-order valence-electron chi connectivity index (χ3n) is 2.92. The summed E-state index contributed by atoms with van der Waals surface area (Å²) in [5, 5.41) is 0. The van der Waals surface area contributed by atoms with Gasteiger partial charge in [-0.05, 0) is 19.1 Å². The number of carbonyl (C=O) groups excluding carboxylic acids is 2. The summed E-state index contributed by atoms with van der Waals surface area (Å²) in [6, 6.07) is 5.26. The maximum absolute atomic E-state index is 11.9. The summed E-state index contributed by atoms with van der Waals surface area (Å²) in [7, 11) is 0. The van der Waals surface area contributed by atoms with E-state index < -0.39 is 0 Å². The Bertz CT molecular complexity index is 475. The average molecular weight is 248 g/mol. The Morgan fingerprint density at radius 1 is 1.22 bits per heavy atom. The highest BCUT2D eigenvalue weighted by molar-refractivity contribution is 5.92. The third-order valence-corrected chi connectivity index (χ3v) is 2.92. The van der Waals surface area contributed by atoms with Crippen molar-refractivity contribution in [1.82, 2.24) is 14.8 Å². The van der Waals surface area contributed by atoms with Crippen molar-refractivity contribution < 1.29 is 9.59 Å². The minimum absolute atomic E-state index is 0.0268. The summed E-state index contributed by atoms with van der Waals surface area (Å²) in [5.41, 5.74) is 6.27. The SMILES string of the molecule is CCN1CC(=O)N(Cc2cccc(N)n2)CC1=O. The molecule has 1 aromatic heterocycles. The van der Waals surface area contributed by atoms with Crippen molar-refractivity contribution in [3.63, 3.8) is 0 Å². The Labute approximate surface area is 105 Å². The number of piperazine rings is 1. The molecule has 1 aliphatic heterocycles. The molecule has 2 heterocycles. The number of anilines is 1. The van der Waals surface area contributed by atoms with E-state index in [0.717, 1.165) is 0 Å². The first-order chi connectivity index (χ1) is 8.60. The van der Waals surface area contributed by atoms with Gasteiger partial charge in [-0.3, -0.25) is 9.59 Å². The summed E-state index contributed by atoms with van der Waals surface area (Å²) in [6.45, 7) is 3.02. The van der Waals surface area contributed by atoms with Crippen LogP contribution in [0, 0.1) is 0 Å². The number of nitrogens with two attached hydrogens (primary N) is 1. The molecule has 1 aliphatic rings. The minimum atomic E-state index is -0.0549. The number of nitrogen functional groups attached to an aromatic ring is 1. The zero-order valence-corrected chi connectivity index (χ0v) is 10.3. The van der Waals surface area contributed by atoms with Crippen LogP contribution in [-0.4, -0.2) is 46.2 Å². The van der Waals surface area contributed by atoms with Crippen LogP contribution in [0.2, 0.25) is 0 Å². The first kappa shape index (κ1) is 12.3. The van der Waals surface area contributed by atoms with Crippen LogP contribution < -0.4 is 5.73 Å². The van der Waals surface area contributed by atoms with E-state index in [1.165, 1.54) is 4.90 Å². The largest absolute Gasteiger partial charge is 0.384 e. The number of likely N-dealkylation sites (N-methyl/N-ethyl adjacent to an activating group) is 1. The first-order valence-corrected chi connectivity index (χ1v) is 5.87. The van der Waals surface area contributed by atoms with Crippen molar-refractivity contribution in [2.45, 2.75) is 13.5 Å². The van der Waals surface area contributed by atoms with E-state index in [1.807, 2.05) is 6.92 Å². The van der Waals surface area contributed by atoms with Crippen LogP contribution in [0.15, 0.2) is 18.2 Å². The second kappa shape index (κ2) is 5.03. The Hall–Kier alpha value is -2.11. The summed E-state index contributed by atoms with van der Waals surface area (Å²) in [6.07, 6.45) is 0. The van der Waals surface area contributed by atoms with Gasteiger partial charge in [0.15, 0.2) is 0 Å². The van der Waals surface area contributed by atoms with Gasteiger partial charge in [-0.25, -0.2) is 4.98 Å². The van der Waals surface area contributed by atoms with Crippen molar-refractivity contribution in [1.29, 1.82) is 0 Å². The molecule has 0 aromatic carbocycles. The van der Waals surface area contributed by atoms with Crippen LogP contribution in [0.5, 0.6) is 0 Å². The molecule has 1 aromatic rings. The molecule has 2 N–H and O–H groups in total. The molecular formula is C12H16N4O2. The number of nitrogens with zero attached hydrogens (tertiary/aromatic N) is 3. The molecule has 1 fully saturated rings. The maximum atomic E-state index is 11.9. The molecule has 0 saturated carbocycles. The molecule has 6 nitrogen and oxygen atoms in total. The van der Waals surface area contributed by atoms with Crippen molar-refractivity contribution in [3.05, 3.63) is 23.9 Å². The molecule has 0 atom stereocenters. The van der Waals surface area contributed by atoms with E-state index in [1.54, 1.807) is 23.1 Å². The smallest absolute Gasteiger partial charge is 0.243 e. The number of carbonyl (C=O) groups is 2. The normalized spacial score (nSPS) is 16.3. The predicted molar refractivity (Wildman–Crippen MR) is 66.3 cm³/mol. The van der Waals surface area contributed by atoms with E-state index >= 15 is 0 Å². The van der Waals surface area contributed by atoms with Crippen molar-refractivity contribution in [2.24, 2.45) is 0 Å². The van der Waals surface area contributed by atoms with Gasteiger partial charge in [-0.2, -0.15) is 0 Å². The van der Waals surface area contributed by atoms with Crippen LogP contribution in [0.4, 0.5) is 5.82 Å². The van der Waals surface area contributed by atoms with E-state index in [9.17, 15) is 9.59 Å². The lowest BCUT2D eigenvalue weighted by atomic mass is 10.2. The molecule has 18 heavy (non-hydrogen) atoms. The molecule has 0 radical (unpaired) electrons. The standard InChI is InChI=1S/C12H16N4O2/c1-2-15-7-12(18)16(8-11(15)17)6-9-4-3-5-10(13)14-9/h3-5H,2,6-8H2,1H3,(H2,13,14). The lowest BCUT2D eigenvalue weighted by Gasteiger charge is -2.33. The molecule has 0 aliphatic carbocycles. The lowest BCUT2D eigenvalue weighted by molar-refractivity contribution is -0.150. The van der Waals surface area contributed by atoms with E-state index in [4.69, 9.17) is 5.73 Å². The van der Waals surface area contributed by atoms with Crippen LogP contribution in [0.1, 0.15) is 12.6 Å². The van der Waals surface area contributed by atoms with Gasteiger partial charge in [-0.15, -0.1) is 0 Å². The van der Waals surface area contributed by atoms with Crippen LogP contribution in [0.25, 0.3) is 0 Å². The fourth-order valence-corrected chi connectivity index (χ4v) is 1.92. The van der Waals surface area contributed by atoms with Crippen LogP contribution in [-0.2, 0) is 16.1 Å². The van der Waals surface area contributed by atoms with Gasteiger partial charge in [0.2, 0.25) is 11.8 Å². The second-order valence-electron chi connectivity index (χ2n) is 4.21. The molecular weight excluding hydrogens is 232 g/mol. The fourth-order valence-electron chi connectivity index (χ4n) is 1.92. The van der Waals surface area contributed by atoms with Crippen molar-refractivity contribution in [3.8, 4) is 0 Å². The second-order valence-corrected chi connectivity index (χ2v) is 4.21. The fraction of sp³-hybridized carbons (Fsp3) is 0.417. The number of aromatic nitrogens is 1. The van der Waals surface area contributed by atoms with E-state index in [2.05, 4.69) is 4.98 Å². The summed E-state index contributed by atoms with van der Waals surface area (Å²) in [5.74, 6) is 0.333. The molecule has 6 heteroatoms. The Kier molecular flexibility index (Phi) is 3.45. The van der Waals surface area contributed by atoms with Gasteiger partial charge in [0.25, 0.3) is 0 Å². The van der Waals surface area contributed by atoms with E-state index in [-0.39, 0.29) is 24.9 Å². The van der Waals surface area contributed by atoms with Crippen LogP contribution in [0.3, 0.4) is 0 Å². The molecule has 1 saturated heterocycles. The van der Waals surface area contributed by atoms with Gasteiger partial charge in [0.1, 0.15) is 12.4 Å². The Balaban J connectivity index is 2.06. The molecule has 96 valence electrons. The zero-order chi connectivity index (χ0) is 13.1. The highest BCUT2D eigenvalue weighted by atomic mass is 16.2. The Morgan fingerprint density at radius 3 is 2.56 bits per heavy atom. The minimum Gasteiger partial charge on any atom is -0.384 e. The molecule has 2 rings (SSSR count). The maximum Gasteiger partial charge on any atom is 0.243 e.